The van der Waals surface area contributed by atoms with Crippen molar-refractivity contribution in [2.24, 2.45) is 0 Å². The minimum absolute atomic E-state index is 0.0121. The summed E-state index contributed by atoms with van der Waals surface area (Å²) < 4.78 is 40.6. The predicted molar refractivity (Wildman–Crippen MR) is 148 cm³/mol. The molecule has 1 N–H and O–H groups in total. The van der Waals surface area contributed by atoms with Crippen LogP contribution in [0.4, 0.5) is 32.2 Å². The Hall–Kier alpha value is -4.17. The highest BCUT2D eigenvalue weighted by atomic mass is 19.3. The van der Waals surface area contributed by atoms with E-state index in [9.17, 15) is 8.78 Å². The fourth-order valence-electron chi connectivity index (χ4n) is 4.31. The van der Waals surface area contributed by atoms with E-state index in [0.29, 0.717) is 54.7 Å². The number of hydrogen-bond acceptors (Lipinski definition) is 11. The maximum atomic E-state index is 14.2. The van der Waals surface area contributed by atoms with Gasteiger partial charge in [0, 0.05) is 33.2 Å². The van der Waals surface area contributed by atoms with E-state index in [1.165, 1.54) is 11.7 Å². The number of halogens is 2. The molecule has 1 aliphatic rings. The average Bonchev–Trinajstić information content (AvgIpc) is 3.37. The number of methoxy groups -OCH3 is 1. The Morgan fingerprint density at radius 1 is 1.00 bits per heavy atom. The SMILES string of the molecule is COc1cccc2c1nc(C(F)F)n2-c1nc(Nc2ccc(N(C)CCN(C)C)nc2)nc(N2CCOCC2)n1. The lowest BCUT2D eigenvalue weighted by Gasteiger charge is -2.27. The number of anilines is 4. The standard InChI is InChI=1S/C26H32F2N10O2/c1-35(2)10-11-36(3)20-9-8-17(16-29-20)30-24-32-25(37-12-14-40-15-13-37)34-26(33-24)38-18-6-5-7-19(39-4)21(18)31-23(38)22(27)28/h5-9,16,22H,10-15H2,1-4H3,(H,30,32,33,34). The number of alkyl halides is 2. The molecular weight excluding hydrogens is 522 g/mol. The lowest BCUT2D eigenvalue weighted by atomic mass is 10.3. The second-order valence-electron chi connectivity index (χ2n) is 9.55. The van der Waals surface area contributed by atoms with Crippen molar-refractivity contribution in [2.75, 3.05) is 82.8 Å². The van der Waals surface area contributed by atoms with E-state index < -0.39 is 12.2 Å². The molecule has 1 aliphatic heterocycles. The summed E-state index contributed by atoms with van der Waals surface area (Å²) in [4.78, 5) is 28.6. The molecule has 3 aromatic heterocycles. The van der Waals surface area contributed by atoms with Crippen LogP contribution >= 0.6 is 0 Å². The van der Waals surface area contributed by atoms with Crippen LogP contribution in [-0.2, 0) is 4.74 Å². The number of likely N-dealkylation sites (N-methyl/N-ethyl adjacent to an activating group) is 2. The molecule has 0 unspecified atom stereocenters. The number of pyridine rings is 1. The smallest absolute Gasteiger partial charge is 0.296 e. The third-order valence-electron chi connectivity index (χ3n) is 6.47. The first kappa shape index (κ1) is 27.4. The van der Waals surface area contributed by atoms with Gasteiger partial charge in [0.15, 0.2) is 5.82 Å². The Balaban J connectivity index is 1.54. The molecule has 4 aromatic rings. The molecule has 5 rings (SSSR count). The Labute approximate surface area is 230 Å². The number of rotatable bonds is 10. The van der Waals surface area contributed by atoms with E-state index in [2.05, 4.69) is 40.0 Å². The summed E-state index contributed by atoms with van der Waals surface area (Å²) in [6, 6.07) is 8.82. The first-order valence-corrected chi connectivity index (χ1v) is 12.9. The van der Waals surface area contributed by atoms with Crippen LogP contribution in [0.25, 0.3) is 17.0 Å². The van der Waals surface area contributed by atoms with Crippen LogP contribution in [0.3, 0.4) is 0 Å². The number of benzene rings is 1. The summed E-state index contributed by atoms with van der Waals surface area (Å²) in [6.07, 6.45) is -1.19. The van der Waals surface area contributed by atoms with Crippen molar-refractivity contribution in [1.82, 2.24) is 34.4 Å². The maximum Gasteiger partial charge on any atom is 0.296 e. The number of fused-ring (bicyclic) bond motifs is 1. The van der Waals surface area contributed by atoms with Gasteiger partial charge >= 0.3 is 0 Å². The number of para-hydroxylation sites is 1. The fraction of sp³-hybridized carbons (Fsp3) is 0.423. The minimum atomic E-state index is -2.88. The van der Waals surface area contributed by atoms with Crippen LogP contribution < -0.4 is 19.9 Å². The van der Waals surface area contributed by atoms with Crippen LogP contribution in [0, 0.1) is 0 Å². The molecule has 0 radical (unpaired) electrons. The van der Waals surface area contributed by atoms with E-state index >= 15 is 0 Å². The molecule has 14 heteroatoms. The van der Waals surface area contributed by atoms with E-state index in [-0.39, 0.29) is 11.9 Å². The molecule has 0 spiro atoms. The first-order valence-electron chi connectivity index (χ1n) is 12.9. The van der Waals surface area contributed by atoms with Crippen molar-refractivity contribution in [3.63, 3.8) is 0 Å². The van der Waals surface area contributed by atoms with Crippen LogP contribution in [0.2, 0.25) is 0 Å². The molecule has 1 aromatic carbocycles. The Kier molecular flexibility index (Phi) is 8.16. The second kappa shape index (κ2) is 11.9. The summed E-state index contributed by atoms with van der Waals surface area (Å²) >= 11 is 0. The van der Waals surface area contributed by atoms with Crippen LogP contribution in [-0.4, -0.2) is 102 Å². The number of aromatic nitrogens is 6. The highest BCUT2D eigenvalue weighted by molar-refractivity contribution is 5.84. The van der Waals surface area contributed by atoms with E-state index in [1.54, 1.807) is 24.4 Å². The van der Waals surface area contributed by atoms with Crippen LogP contribution in [0.15, 0.2) is 36.5 Å². The van der Waals surface area contributed by atoms with Crippen LogP contribution in [0.5, 0.6) is 5.75 Å². The van der Waals surface area contributed by atoms with E-state index in [1.807, 2.05) is 38.2 Å². The zero-order chi connectivity index (χ0) is 28.2. The van der Waals surface area contributed by atoms with Gasteiger partial charge in [0.2, 0.25) is 17.8 Å². The second-order valence-corrected chi connectivity index (χ2v) is 9.55. The molecule has 0 atom stereocenters. The number of ether oxygens (including phenoxy) is 2. The molecule has 1 saturated heterocycles. The third kappa shape index (κ3) is 5.87. The third-order valence-corrected chi connectivity index (χ3v) is 6.47. The Morgan fingerprint density at radius 3 is 2.45 bits per heavy atom. The number of imidazole rings is 1. The average molecular weight is 555 g/mol. The number of nitrogens with zero attached hydrogens (tertiary/aromatic N) is 9. The number of nitrogens with one attached hydrogen (secondary N) is 1. The van der Waals surface area contributed by atoms with Crippen molar-refractivity contribution in [3.05, 3.63) is 42.4 Å². The Morgan fingerprint density at radius 2 is 1.77 bits per heavy atom. The van der Waals surface area contributed by atoms with Crippen molar-refractivity contribution in [3.8, 4) is 11.7 Å². The highest BCUT2D eigenvalue weighted by Crippen LogP contribution is 2.32. The number of morpholine rings is 1. The lowest BCUT2D eigenvalue weighted by molar-refractivity contribution is 0.122. The van der Waals surface area contributed by atoms with Gasteiger partial charge in [-0.25, -0.2) is 18.7 Å². The summed E-state index contributed by atoms with van der Waals surface area (Å²) in [5, 5.41) is 3.17. The molecule has 0 aliphatic carbocycles. The van der Waals surface area contributed by atoms with Gasteiger partial charge in [-0.15, -0.1) is 0 Å². The maximum absolute atomic E-state index is 14.2. The molecule has 0 saturated carbocycles. The van der Waals surface area contributed by atoms with Gasteiger partial charge in [0.25, 0.3) is 6.43 Å². The van der Waals surface area contributed by atoms with Crippen LogP contribution in [0.1, 0.15) is 12.2 Å². The van der Waals surface area contributed by atoms with Gasteiger partial charge < -0.3 is 29.5 Å². The highest BCUT2D eigenvalue weighted by Gasteiger charge is 2.26. The molecule has 12 nitrogen and oxygen atoms in total. The zero-order valence-corrected chi connectivity index (χ0v) is 22.9. The van der Waals surface area contributed by atoms with Gasteiger partial charge in [-0.05, 0) is 38.4 Å². The van der Waals surface area contributed by atoms with Gasteiger partial charge in [-0.1, -0.05) is 6.07 Å². The van der Waals surface area contributed by atoms with E-state index in [4.69, 9.17) is 9.47 Å². The molecule has 40 heavy (non-hydrogen) atoms. The van der Waals surface area contributed by atoms with Gasteiger partial charge in [-0.3, -0.25) is 4.57 Å². The summed E-state index contributed by atoms with van der Waals surface area (Å²) in [7, 11) is 7.50. The summed E-state index contributed by atoms with van der Waals surface area (Å²) in [6.45, 7) is 3.83. The van der Waals surface area contributed by atoms with Crippen molar-refractivity contribution < 1.29 is 18.3 Å². The predicted octanol–water partition coefficient (Wildman–Crippen LogP) is 3.13. The molecule has 1 fully saturated rings. The Bertz CT molecular complexity index is 1440. The monoisotopic (exact) mass is 554 g/mol. The van der Waals surface area contributed by atoms with Crippen molar-refractivity contribution in [2.45, 2.75) is 6.43 Å². The van der Waals surface area contributed by atoms with Gasteiger partial charge in [0.1, 0.15) is 17.1 Å². The summed E-state index contributed by atoms with van der Waals surface area (Å²) in [5.41, 5.74) is 1.33. The number of hydrogen-bond donors (Lipinski definition) is 1. The minimum Gasteiger partial charge on any atom is -0.494 e. The normalized spacial score (nSPS) is 13.8. The lowest BCUT2D eigenvalue weighted by Crippen LogP contribution is -2.37. The quantitative estimate of drug-likeness (QED) is 0.312. The van der Waals surface area contributed by atoms with Crippen molar-refractivity contribution >= 4 is 34.4 Å². The fourth-order valence-corrected chi connectivity index (χ4v) is 4.31. The molecule has 0 bridgehead atoms. The molecule has 4 heterocycles. The van der Waals surface area contributed by atoms with Crippen molar-refractivity contribution in [1.29, 1.82) is 0 Å². The first-order chi connectivity index (χ1) is 19.3. The summed E-state index contributed by atoms with van der Waals surface area (Å²) in [5.74, 6) is 1.24. The molecule has 0 amide bonds. The van der Waals surface area contributed by atoms with Gasteiger partial charge in [-0.2, -0.15) is 15.0 Å². The largest absolute Gasteiger partial charge is 0.494 e. The molecular formula is C26H32F2N10O2. The van der Waals surface area contributed by atoms with Gasteiger partial charge in [0.05, 0.1) is 37.7 Å². The van der Waals surface area contributed by atoms with E-state index in [0.717, 1.165) is 18.9 Å². The topological polar surface area (TPSA) is 110 Å². The zero-order valence-electron chi connectivity index (χ0n) is 22.9. The molecule has 212 valence electrons.